The van der Waals surface area contributed by atoms with Crippen molar-refractivity contribution in [1.82, 2.24) is 9.78 Å². The maximum atomic E-state index is 13.1. The number of Topliss-reactive ketones (excluding diaryl/α,β-unsaturated/α-hetero) is 1. The molecule has 6 heteroatoms. The standard InChI is InChI=1S/C23H18ClN3O2/c24-16-8-10-17(11-9-16)25-23-22-19(27(26-23)18-5-2-1-3-6-18)13-15(14-20(22)28)21-7-4-12-29-21/h1-12,15H,13-14H2,(H,25,26). The van der Waals surface area contributed by atoms with Crippen LogP contribution in [0.25, 0.3) is 5.69 Å². The van der Waals surface area contributed by atoms with Crippen molar-refractivity contribution in [3.63, 3.8) is 0 Å². The number of aromatic nitrogens is 2. The number of rotatable bonds is 4. The first-order valence-corrected chi connectivity index (χ1v) is 9.83. The average molecular weight is 404 g/mol. The van der Waals surface area contributed by atoms with E-state index in [0.29, 0.717) is 29.2 Å². The first kappa shape index (κ1) is 17.8. The Morgan fingerprint density at radius 2 is 1.79 bits per heavy atom. The van der Waals surface area contributed by atoms with Gasteiger partial charge in [-0.1, -0.05) is 29.8 Å². The van der Waals surface area contributed by atoms with E-state index in [1.165, 1.54) is 0 Å². The lowest BCUT2D eigenvalue weighted by Gasteiger charge is -2.21. The molecule has 0 aliphatic heterocycles. The van der Waals surface area contributed by atoms with Gasteiger partial charge in [-0.3, -0.25) is 4.79 Å². The summed E-state index contributed by atoms with van der Waals surface area (Å²) in [6.07, 6.45) is 2.73. The van der Waals surface area contributed by atoms with E-state index in [1.807, 2.05) is 59.3 Å². The summed E-state index contributed by atoms with van der Waals surface area (Å²) in [5.41, 5.74) is 3.29. The van der Waals surface area contributed by atoms with Gasteiger partial charge in [-0.2, -0.15) is 0 Å². The lowest BCUT2D eigenvalue weighted by molar-refractivity contribution is 0.0960. The van der Waals surface area contributed by atoms with E-state index in [0.717, 1.165) is 22.8 Å². The quantitative estimate of drug-likeness (QED) is 0.469. The molecule has 0 saturated heterocycles. The summed E-state index contributed by atoms with van der Waals surface area (Å²) in [5, 5.41) is 8.72. The number of carbonyl (C=O) groups is 1. The topological polar surface area (TPSA) is 60.1 Å². The maximum absolute atomic E-state index is 13.1. The number of furan rings is 1. The first-order valence-electron chi connectivity index (χ1n) is 9.45. The Hall–Kier alpha value is -3.31. The molecule has 1 aliphatic rings. The summed E-state index contributed by atoms with van der Waals surface area (Å²) < 4.78 is 7.45. The van der Waals surface area contributed by atoms with Gasteiger partial charge < -0.3 is 9.73 Å². The molecule has 2 aromatic heterocycles. The highest BCUT2D eigenvalue weighted by molar-refractivity contribution is 6.30. The van der Waals surface area contributed by atoms with Crippen molar-refractivity contribution in [2.45, 2.75) is 18.8 Å². The van der Waals surface area contributed by atoms with Gasteiger partial charge in [0.05, 0.1) is 23.2 Å². The molecule has 0 bridgehead atoms. The zero-order valence-electron chi connectivity index (χ0n) is 15.5. The molecule has 29 heavy (non-hydrogen) atoms. The van der Waals surface area contributed by atoms with Crippen LogP contribution in [0, 0.1) is 0 Å². The maximum Gasteiger partial charge on any atom is 0.169 e. The Bertz CT molecular complexity index is 1150. The summed E-state index contributed by atoms with van der Waals surface area (Å²) in [7, 11) is 0. The second kappa shape index (κ2) is 7.26. The van der Waals surface area contributed by atoms with E-state index >= 15 is 0 Å². The summed E-state index contributed by atoms with van der Waals surface area (Å²) in [6, 6.07) is 21.0. The highest BCUT2D eigenvalue weighted by Gasteiger charge is 2.34. The van der Waals surface area contributed by atoms with Gasteiger partial charge in [-0.15, -0.1) is 5.10 Å². The number of fused-ring (bicyclic) bond motifs is 1. The Morgan fingerprint density at radius 1 is 1.00 bits per heavy atom. The van der Waals surface area contributed by atoms with Crippen LogP contribution in [-0.2, 0) is 6.42 Å². The molecule has 1 unspecified atom stereocenters. The van der Waals surface area contributed by atoms with Crippen molar-refractivity contribution in [3.05, 3.63) is 95.0 Å². The number of hydrogen-bond acceptors (Lipinski definition) is 4. The van der Waals surface area contributed by atoms with Gasteiger partial charge in [0.2, 0.25) is 0 Å². The number of nitrogens with one attached hydrogen (secondary N) is 1. The zero-order chi connectivity index (χ0) is 19.8. The average Bonchev–Trinajstić information content (AvgIpc) is 3.39. The van der Waals surface area contributed by atoms with Crippen molar-refractivity contribution >= 4 is 28.9 Å². The first-order chi connectivity index (χ1) is 14.2. The minimum Gasteiger partial charge on any atom is -0.469 e. The molecule has 5 rings (SSSR count). The summed E-state index contributed by atoms with van der Waals surface area (Å²) >= 11 is 5.99. The van der Waals surface area contributed by atoms with E-state index < -0.39 is 0 Å². The van der Waals surface area contributed by atoms with Crippen LogP contribution >= 0.6 is 11.6 Å². The zero-order valence-corrected chi connectivity index (χ0v) is 16.3. The molecule has 1 aliphatic carbocycles. The molecule has 0 spiro atoms. The Labute approximate surface area is 172 Å². The molecule has 0 saturated carbocycles. The number of hydrogen-bond donors (Lipinski definition) is 1. The second-order valence-corrected chi connectivity index (χ2v) is 7.53. The molecule has 2 aromatic carbocycles. The fourth-order valence-corrected chi connectivity index (χ4v) is 3.96. The highest BCUT2D eigenvalue weighted by Crippen LogP contribution is 2.38. The molecule has 0 fully saturated rings. The summed E-state index contributed by atoms with van der Waals surface area (Å²) in [5.74, 6) is 1.46. The highest BCUT2D eigenvalue weighted by atomic mass is 35.5. The largest absolute Gasteiger partial charge is 0.469 e. The Kier molecular flexibility index (Phi) is 4.45. The number of benzene rings is 2. The van der Waals surface area contributed by atoms with Crippen LogP contribution in [0.5, 0.6) is 0 Å². The van der Waals surface area contributed by atoms with Crippen LogP contribution in [0.4, 0.5) is 11.5 Å². The predicted octanol–water partition coefficient (Wildman–Crippen LogP) is 5.78. The third-order valence-electron chi connectivity index (χ3n) is 5.18. The second-order valence-electron chi connectivity index (χ2n) is 7.09. The molecular weight excluding hydrogens is 386 g/mol. The minimum atomic E-state index is 0.00699. The number of nitrogens with zero attached hydrogens (tertiary/aromatic N) is 2. The van der Waals surface area contributed by atoms with Gasteiger partial charge >= 0.3 is 0 Å². The molecule has 2 heterocycles. The summed E-state index contributed by atoms with van der Waals surface area (Å²) in [6.45, 7) is 0. The normalized spacial score (nSPS) is 15.9. The van der Waals surface area contributed by atoms with E-state index in [9.17, 15) is 4.79 Å². The SMILES string of the molecule is O=C1CC(c2ccco2)Cc2c1c(Nc1ccc(Cl)cc1)nn2-c1ccccc1. The molecule has 0 radical (unpaired) electrons. The number of anilines is 2. The molecule has 1 N–H and O–H groups in total. The number of para-hydroxylation sites is 1. The smallest absolute Gasteiger partial charge is 0.169 e. The number of ketones is 1. The number of halogens is 1. The molecule has 144 valence electrons. The Morgan fingerprint density at radius 3 is 2.52 bits per heavy atom. The number of carbonyl (C=O) groups excluding carboxylic acids is 1. The lowest BCUT2D eigenvalue weighted by atomic mass is 9.85. The fraction of sp³-hybridized carbons (Fsp3) is 0.130. The minimum absolute atomic E-state index is 0.00699. The third kappa shape index (κ3) is 3.34. The van der Waals surface area contributed by atoms with E-state index in [-0.39, 0.29) is 11.7 Å². The van der Waals surface area contributed by atoms with Crippen molar-refractivity contribution < 1.29 is 9.21 Å². The lowest BCUT2D eigenvalue weighted by Crippen LogP contribution is -2.20. The summed E-state index contributed by atoms with van der Waals surface area (Å²) in [4.78, 5) is 13.1. The van der Waals surface area contributed by atoms with E-state index in [2.05, 4.69) is 5.32 Å². The molecule has 1 atom stereocenters. The van der Waals surface area contributed by atoms with Crippen LogP contribution in [0.15, 0.2) is 77.4 Å². The monoisotopic (exact) mass is 403 g/mol. The van der Waals surface area contributed by atoms with Gasteiger partial charge in [0.25, 0.3) is 0 Å². The van der Waals surface area contributed by atoms with Crippen molar-refractivity contribution in [2.75, 3.05) is 5.32 Å². The van der Waals surface area contributed by atoms with Gasteiger partial charge in [0.15, 0.2) is 11.6 Å². The van der Waals surface area contributed by atoms with Crippen LogP contribution in [0.1, 0.15) is 34.2 Å². The van der Waals surface area contributed by atoms with E-state index in [1.54, 1.807) is 18.4 Å². The fourth-order valence-electron chi connectivity index (χ4n) is 3.83. The molecular formula is C23H18ClN3O2. The molecule has 4 aromatic rings. The van der Waals surface area contributed by atoms with Crippen LogP contribution < -0.4 is 5.32 Å². The van der Waals surface area contributed by atoms with Gasteiger partial charge in [0, 0.05) is 29.5 Å². The van der Waals surface area contributed by atoms with Crippen LogP contribution in [0.2, 0.25) is 5.02 Å². The Balaban J connectivity index is 1.60. The van der Waals surface area contributed by atoms with Gasteiger partial charge in [0.1, 0.15) is 5.76 Å². The molecule has 0 amide bonds. The van der Waals surface area contributed by atoms with E-state index in [4.69, 9.17) is 21.1 Å². The van der Waals surface area contributed by atoms with Crippen molar-refractivity contribution in [3.8, 4) is 5.69 Å². The van der Waals surface area contributed by atoms with Crippen LogP contribution in [-0.4, -0.2) is 15.6 Å². The molecule has 5 nitrogen and oxygen atoms in total. The third-order valence-corrected chi connectivity index (χ3v) is 5.44. The predicted molar refractivity (Wildman–Crippen MR) is 112 cm³/mol. The van der Waals surface area contributed by atoms with Crippen molar-refractivity contribution in [1.29, 1.82) is 0 Å². The van der Waals surface area contributed by atoms with Crippen molar-refractivity contribution in [2.24, 2.45) is 0 Å². The van der Waals surface area contributed by atoms with Gasteiger partial charge in [-0.25, -0.2) is 4.68 Å². The van der Waals surface area contributed by atoms with Gasteiger partial charge in [-0.05, 0) is 48.5 Å². The van der Waals surface area contributed by atoms with Crippen LogP contribution in [0.3, 0.4) is 0 Å².